The number of amides is 2. The fraction of sp³-hybridized carbons (Fsp3) is 0.409. The third-order valence-electron chi connectivity index (χ3n) is 5.47. The largest absolute Gasteiger partial charge is 0.381 e. The summed E-state index contributed by atoms with van der Waals surface area (Å²) in [6, 6.07) is 20.0. The highest BCUT2D eigenvalue weighted by Gasteiger charge is 2.40. The van der Waals surface area contributed by atoms with Gasteiger partial charge in [-0.15, -0.1) is 0 Å². The Hall–Kier alpha value is -2.37. The first-order valence-corrected chi connectivity index (χ1v) is 9.63. The number of nitrogens with one attached hydrogen (secondary N) is 1. The monoisotopic (exact) mass is 366 g/mol. The molecule has 0 aliphatic carbocycles. The maximum atomic E-state index is 13.1. The Morgan fingerprint density at radius 1 is 0.926 bits per heavy atom. The molecule has 2 aromatic carbocycles. The summed E-state index contributed by atoms with van der Waals surface area (Å²) in [5.74, 6) is 0. The minimum absolute atomic E-state index is 0.0399. The quantitative estimate of drug-likeness (QED) is 0.906. The lowest BCUT2D eigenvalue weighted by Crippen LogP contribution is -2.58. The number of ether oxygens (including phenoxy) is 2. The Morgan fingerprint density at radius 3 is 2.11 bits per heavy atom. The van der Waals surface area contributed by atoms with Crippen molar-refractivity contribution in [2.75, 3.05) is 32.9 Å². The van der Waals surface area contributed by atoms with Crippen molar-refractivity contribution in [1.29, 1.82) is 0 Å². The van der Waals surface area contributed by atoms with Gasteiger partial charge in [0, 0.05) is 32.6 Å². The van der Waals surface area contributed by atoms with Gasteiger partial charge in [-0.25, -0.2) is 4.79 Å². The SMILES string of the molecule is O=C(NC(c1ccccc1)c1ccccc1)N1CCOC2(CCOCC2)C1. The van der Waals surface area contributed by atoms with Crippen LogP contribution in [0.3, 0.4) is 0 Å². The summed E-state index contributed by atoms with van der Waals surface area (Å²) in [6.45, 7) is 3.22. The van der Waals surface area contributed by atoms with Gasteiger partial charge in [-0.05, 0) is 11.1 Å². The molecule has 2 fully saturated rings. The molecule has 1 N–H and O–H groups in total. The van der Waals surface area contributed by atoms with E-state index in [2.05, 4.69) is 29.6 Å². The van der Waals surface area contributed by atoms with Gasteiger partial charge in [-0.1, -0.05) is 60.7 Å². The second-order valence-electron chi connectivity index (χ2n) is 7.27. The van der Waals surface area contributed by atoms with E-state index in [1.165, 1.54) is 0 Å². The zero-order valence-corrected chi connectivity index (χ0v) is 15.5. The standard InChI is InChI=1S/C22H26N2O3/c25-21(24-13-16-27-22(17-24)11-14-26-15-12-22)23-20(18-7-3-1-4-8-18)19-9-5-2-6-10-19/h1-10,20H,11-17H2,(H,23,25). The number of benzene rings is 2. The molecule has 2 aromatic rings. The maximum Gasteiger partial charge on any atom is 0.318 e. The summed E-state index contributed by atoms with van der Waals surface area (Å²) in [7, 11) is 0. The summed E-state index contributed by atoms with van der Waals surface area (Å²) in [5.41, 5.74) is 1.90. The van der Waals surface area contributed by atoms with Crippen molar-refractivity contribution in [3.8, 4) is 0 Å². The maximum absolute atomic E-state index is 13.1. The van der Waals surface area contributed by atoms with Crippen LogP contribution in [0.2, 0.25) is 0 Å². The van der Waals surface area contributed by atoms with E-state index >= 15 is 0 Å². The van der Waals surface area contributed by atoms with Crippen molar-refractivity contribution in [3.05, 3.63) is 71.8 Å². The predicted octanol–water partition coefficient (Wildman–Crippen LogP) is 3.37. The molecule has 2 aliphatic rings. The molecule has 0 atom stereocenters. The van der Waals surface area contributed by atoms with Crippen LogP contribution in [-0.2, 0) is 9.47 Å². The third kappa shape index (κ3) is 4.15. The van der Waals surface area contributed by atoms with Crippen molar-refractivity contribution in [1.82, 2.24) is 10.2 Å². The van der Waals surface area contributed by atoms with Gasteiger partial charge < -0.3 is 19.7 Å². The summed E-state index contributed by atoms with van der Waals surface area (Å²) < 4.78 is 11.5. The minimum Gasteiger partial charge on any atom is -0.381 e. The van der Waals surface area contributed by atoms with Gasteiger partial charge in [0.2, 0.25) is 0 Å². The van der Waals surface area contributed by atoms with E-state index in [4.69, 9.17) is 9.47 Å². The summed E-state index contributed by atoms with van der Waals surface area (Å²) in [6.07, 6.45) is 1.69. The van der Waals surface area contributed by atoms with Crippen LogP contribution in [0.5, 0.6) is 0 Å². The molecule has 2 aliphatic heterocycles. The summed E-state index contributed by atoms with van der Waals surface area (Å²) in [5, 5.41) is 3.24. The van der Waals surface area contributed by atoms with Crippen LogP contribution in [0.4, 0.5) is 4.79 Å². The first-order valence-electron chi connectivity index (χ1n) is 9.63. The number of urea groups is 1. The first kappa shape index (κ1) is 18.0. The lowest BCUT2D eigenvalue weighted by Gasteiger charge is -2.45. The zero-order valence-electron chi connectivity index (χ0n) is 15.5. The molecule has 142 valence electrons. The highest BCUT2D eigenvalue weighted by Crippen LogP contribution is 2.29. The molecular weight excluding hydrogens is 340 g/mol. The molecule has 0 radical (unpaired) electrons. The minimum atomic E-state index is -0.247. The summed E-state index contributed by atoms with van der Waals surface area (Å²) in [4.78, 5) is 15.0. The molecule has 2 amide bonds. The topological polar surface area (TPSA) is 50.8 Å². The number of rotatable bonds is 3. The number of hydrogen-bond donors (Lipinski definition) is 1. The Kier molecular flexibility index (Phi) is 5.41. The molecular formula is C22H26N2O3. The lowest BCUT2D eigenvalue weighted by molar-refractivity contribution is -0.145. The van der Waals surface area contributed by atoms with Crippen LogP contribution >= 0.6 is 0 Å². The van der Waals surface area contributed by atoms with Crippen LogP contribution < -0.4 is 5.32 Å². The zero-order chi connectivity index (χ0) is 18.5. The average Bonchev–Trinajstić information content (AvgIpc) is 2.74. The van der Waals surface area contributed by atoms with Crippen LogP contribution in [-0.4, -0.2) is 49.4 Å². The molecule has 0 unspecified atom stereocenters. The van der Waals surface area contributed by atoms with Gasteiger partial charge in [0.05, 0.1) is 24.8 Å². The Morgan fingerprint density at radius 2 is 1.52 bits per heavy atom. The number of carbonyl (C=O) groups is 1. The van der Waals surface area contributed by atoms with Crippen molar-refractivity contribution < 1.29 is 14.3 Å². The summed E-state index contributed by atoms with van der Waals surface area (Å²) >= 11 is 0. The normalized spacial score (nSPS) is 19.2. The molecule has 27 heavy (non-hydrogen) atoms. The number of hydrogen-bond acceptors (Lipinski definition) is 3. The van der Waals surface area contributed by atoms with E-state index in [9.17, 15) is 4.79 Å². The molecule has 1 spiro atoms. The predicted molar refractivity (Wildman–Crippen MR) is 104 cm³/mol. The van der Waals surface area contributed by atoms with Crippen molar-refractivity contribution in [2.45, 2.75) is 24.5 Å². The van der Waals surface area contributed by atoms with Gasteiger partial charge >= 0.3 is 6.03 Å². The fourth-order valence-corrected chi connectivity index (χ4v) is 3.93. The van der Waals surface area contributed by atoms with Crippen molar-refractivity contribution in [2.24, 2.45) is 0 Å². The molecule has 0 saturated carbocycles. The number of carbonyl (C=O) groups excluding carboxylic acids is 1. The highest BCUT2D eigenvalue weighted by atomic mass is 16.5. The molecule has 0 bridgehead atoms. The van der Waals surface area contributed by atoms with Crippen LogP contribution in [0.15, 0.2) is 60.7 Å². The first-order chi connectivity index (χ1) is 13.3. The molecule has 5 heteroatoms. The molecule has 2 saturated heterocycles. The average molecular weight is 366 g/mol. The van der Waals surface area contributed by atoms with Gasteiger partial charge in [-0.3, -0.25) is 0 Å². The molecule has 4 rings (SSSR count). The molecule has 2 heterocycles. The smallest absolute Gasteiger partial charge is 0.318 e. The van der Waals surface area contributed by atoms with E-state index in [-0.39, 0.29) is 17.7 Å². The lowest BCUT2D eigenvalue weighted by atomic mass is 9.92. The second kappa shape index (κ2) is 8.11. The Labute approximate surface area is 160 Å². The van der Waals surface area contributed by atoms with Crippen molar-refractivity contribution in [3.63, 3.8) is 0 Å². The van der Waals surface area contributed by atoms with Gasteiger partial charge in [0.25, 0.3) is 0 Å². The van der Waals surface area contributed by atoms with Crippen molar-refractivity contribution >= 4 is 6.03 Å². The van der Waals surface area contributed by atoms with Gasteiger partial charge in [0.1, 0.15) is 0 Å². The van der Waals surface area contributed by atoms with E-state index in [1.807, 2.05) is 41.3 Å². The number of nitrogens with zero attached hydrogens (tertiary/aromatic N) is 1. The van der Waals surface area contributed by atoms with E-state index < -0.39 is 0 Å². The molecule has 5 nitrogen and oxygen atoms in total. The van der Waals surface area contributed by atoms with Crippen LogP contribution in [0.1, 0.15) is 30.0 Å². The molecule has 0 aromatic heterocycles. The van der Waals surface area contributed by atoms with E-state index in [0.29, 0.717) is 32.9 Å². The Balaban J connectivity index is 1.51. The van der Waals surface area contributed by atoms with E-state index in [1.54, 1.807) is 0 Å². The van der Waals surface area contributed by atoms with Crippen LogP contribution in [0.25, 0.3) is 0 Å². The van der Waals surface area contributed by atoms with Gasteiger partial charge in [0.15, 0.2) is 0 Å². The van der Waals surface area contributed by atoms with Gasteiger partial charge in [-0.2, -0.15) is 0 Å². The Bertz CT molecular complexity index is 700. The van der Waals surface area contributed by atoms with Crippen LogP contribution in [0, 0.1) is 0 Å². The highest BCUT2D eigenvalue weighted by molar-refractivity contribution is 5.75. The fourth-order valence-electron chi connectivity index (χ4n) is 3.93. The number of morpholine rings is 1. The second-order valence-corrected chi connectivity index (χ2v) is 7.27. The van der Waals surface area contributed by atoms with E-state index in [0.717, 1.165) is 24.0 Å². The third-order valence-corrected chi connectivity index (χ3v) is 5.47.